The molecular formula is C23H23NO2. The van der Waals surface area contributed by atoms with Gasteiger partial charge in [0.05, 0.1) is 7.11 Å². The number of allylic oxidation sites excluding steroid dienone is 1. The van der Waals surface area contributed by atoms with E-state index in [2.05, 4.69) is 0 Å². The van der Waals surface area contributed by atoms with E-state index in [1.54, 1.807) is 7.11 Å². The minimum atomic E-state index is 0.00130. The molecule has 0 bridgehead atoms. The number of methoxy groups -OCH3 is 1. The van der Waals surface area contributed by atoms with Crippen LogP contribution in [0, 0.1) is 6.92 Å². The standard InChI is InChI=1S/C23H23NO2/c1-16-9-11-17(12-10-16)21(15-24(2)3)23(25)20-13-14-22(26-4)19-8-6-5-7-18(19)20/h5-15H,1-4H3/b21-15+. The fraction of sp³-hybridized carbons (Fsp3) is 0.174. The van der Waals surface area contributed by atoms with Crippen LogP contribution in [-0.4, -0.2) is 31.9 Å². The van der Waals surface area contributed by atoms with Gasteiger partial charge in [0.15, 0.2) is 5.78 Å². The summed E-state index contributed by atoms with van der Waals surface area (Å²) in [5, 5.41) is 1.84. The molecule has 0 spiro atoms. The lowest BCUT2D eigenvalue weighted by atomic mass is 9.93. The average Bonchev–Trinajstić information content (AvgIpc) is 2.65. The maximum Gasteiger partial charge on any atom is 0.195 e. The Kier molecular flexibility index (Phi) is 5.08. The highest BCUT2D eigenvalue weighted by atomic mass is 16.5. The second-order valence-electron chi connectivity index (χ2n) is 6.56. The van der Waals surface area contributed by atoms with Crippen molar-refractivity contribution >= 4 is 22.1 Å². The Balaban J connectivity index is 2.17. The molecule has 0 fully saturated rings. The lowest BCUT2D eigenvalue weighted by Gasteiger charge is -2.14. The number of aryl methyl sites for hydroxylation is 1. The molecule has 0 radical (unpaired) electrons. The van der Waals surface area contributed by atoms with Crippen molar-refractivity contribution < 1.29 is 9.53 Å². The number of nitrogens with zero attached hydrogens (tertiary/aromatic N) is 1. The second-order valence-corrected chi connectivity index (χ2v) is 6.56. The number of Topliss-reactive ketones (excluding diaryl/α,β-unsaturated/α-hetero) is 1. The first kappa shape index (κ1) is 17.7. The van der Waals surface area contributed by atoms with Crippen molar-refractivity contribution in [2.75, 3.05) is 21.2 Å². The van der Waals surface area contributed by atoms with Gasteiger partial charge in [0, 0.05) is 36.8 Å². The summed E-state index contributed by atoms with van der Waals surface area (Å²) in [6.45, 7) is 2.04. The van der Waals surface area contributed by atoms with E-state index in [9.17, 15) is 4.79 Å². The first-order valence-electron chi connectivity index (χ1n) is 8.57. The second kappa shape index (κ2) is 7.44. The van der Waals surface area contributed by atoms with E-state index in [4.69, 9.17) is 4.74 Å². The van der Waals surface area contributed by atoms with Gasteiger partial charge in [-0.1, -0.05) is 54.1 Å². The van der Waals surface area contributed by atoms with Crippen LogP contribution in [0.2, 0.25) is 0 Å². The molecule has 0 unspecified atom stereocenters. The van der Waals surface area contributed by atoms with Crippen LogP contribution in [-0.2, 0) is 0 Å². The zero-order valence-corrected chi connectivity index (χ0v) is 15.6. The summed E-state index contributed by atoms with van der Waals surface area (Å²) < 4.78 is 5.45. The van der Waals surface area contributed by atoms with Crippen LogP contribution >= 0.6 is 0 Å². The molecule has 3 nitrogen and oxygen atoms in total. The molecule has 0 saturated carbocycles. The quantitative estimate of drug-likeness (QED) is 0.484. The topological polar surface area (TPSA) is 29.5 Å². The van der Waals surface area contributed by atoms with Crippen molar-refractivity contribution in [2.45, 2.75) is 6.92 Å². The predicted molar refractivity (Wildman–Crippen MR) is 108 cm³/mol. The molecule has 0 saturated heterocycles. The predicted octanol–water partition coefficient (Wildman–Crippen LogP) is 4.94. The van der Waals surface area contributed by atoms with E-state index >= 15 is 0 Å². The van der Waals surface area contributed by atoms with E-state index in [0.29, 0.717) is 11.1 Å². The maximum atomic E-state index is 13.4. The third-order valence-corrected chi connectivity index (χ3v) is 4.34. The summed E-state index contributed by atoms with van der Waals surface area (Å²) >= 11 is 0. The van der Waals surface area contributed by atoms with Crippen LogP contribution in [0.3, 0.4) is 0 Å². The Bertz CT molecular complexity index is 969. The maximum absolute atomic E-state index is 13.4. The van der Waals surface area contributed by atoms with Crippen molar-refractivity contribution in [1.82, 2.24) is 4.90 Å². The molecule has 0 atom stereocenters. The van der Waals surface area contributed by atoms with Gasteiger partial charge >= 0.3 is 0 Å². The fourth-order valence-corrected chi connectivity index (χ4v) is 3.05. The highest BCUT2D eigenvalue weighted by Gasteiger charge is 2.18. The highest BCUT2D eigenvalue weighted by Crippen LogP contribution is 2.31. The van der Waals surface area contributed by atoms with Crippen LogP contribution in [0.25, 0.3) is 16.3 Å². The van der Waals surface area contributed by atoms with Crippen molar-refractivity contribution in [3.8, 4) is 5.75 Å². The molecule has 3 aromatic carbocycles. The highest BCUT2D eigenvalue weighted by molar-refractivity contribution is 6.32. The third-order valence-electron chi connectivity index (χ3n) is 4.34. The van der Waals surface area contributed by atoms with E-state index in [0.717, 1.165) is 22.1 Å². The van der Waals surface area contributed by atoms with Gasteiger partial charge in [-0.05, 0) is 30.0 Å². The molecule has 0 aromatic heterocycles. The minimum Gasteiger partial charge on any atom is -0.496 e. The molecule has 0 aliphatic rings. The lowest BCUT2D eigenvalue weighted by Crippen LogP contribution is -2.10. The van der Waals surface area contributed by atoms with Crippen LogP contribution in [0.4, 0.5) is 0 Å². The molecule has 0 N–H and O–H groups in total. The van der Waals surface area contributed by atoms with Crippen molar-refractivity contribution in [3.63, 3.8) is 0 Å². The molecule has 0 aliphatic carbocycles. The summed E-state index contributed by atoms with van der Waals surface area (Å²) in [5.41, 5.74) is 3.43. The number of ketones is 1. The molecule has 3 rings (SSSR count). The average molecular weight is 345 g/mol. The van der Waals surface area contributed by atoms with Crippen LogP contribution in [0.5, 0.6) is 5.75 Å². The van der Waals surface area contributed by atoms with E-state index in [1.165, 1.54) is 5.56 Å². The van der Waals surface area contributed by atoms with Crippen LogP contribution < -0.4 is 4.74 Å². The number of hydrogen-bond donors (Lipinski definition) is 0. The monoisotopic (exact) mass is 345 g/mol. The number of carbonyl (C=O) groups is 1. The molecule has 0 heterocycles. The number of ether oxygens (including phenoxy) is 1. The van der Waals surface area contributed by atoms with Gasteiger partial charge in [-0.2, -0.15) is 0 Å². The molecule has 3 heteroatoms. The Morgan fingerprint density at radius 3 is 2.19 bits per heavy atom. The van der Waals surface area contributed by atoms with Crippen molar-refractivity contribution in [2.24, 2.45) is 0 Å². The summed E-state index contributed by atoms with van der Waals surface area (Å²) in [7, 11) is 5.49. The third kappa shape index (κ3) is 3.47. The molecular weight excluding hydrogens is 322 g/mol. The van der Waals surface area contributed by atoms with Crippen LogP contribution in [0.15, 0.2) is 66.9 Å². The van der Waals surface area contributed by atoms with Gasteiger partial charge in [0.2, 0.25) is 0 Å². The van der Waals surface area contributed by atoms with Gasteiger partial charge in [0.25, 0.3) is 0 Å². The summed E-state index contributed by atoms with van der Waals surface area (Å²) in [6.07, 6.45) is 1.88. The minimum absolute atomic E-state index is 0.00130. The van der Waals surface area contributed by atoms with E-state index in [-0.39, 0.29) is 5.78 Å². The van der Waals surface area contributed by atoms with E-state index in [1.807, 2.05) is 92.8 Å². The first-order chi connectivity index (χ1) is 12.5. The van der Waals surface area contributed by atoms with Gasteiger partial charge in [0.1, 0.15) is 5.75 Å². The number of benzene rings is 3. The number of hydrogen-bond acceptors (Lipinski definition) is 3. The summed E-state index contributed by atoms with van der Waals surface area (Å²) in [5.74, 6) is 0.770. The normalized spacial score (nSPS) is 11.5. The number of rotatable bonds is 5. The first-order valence-corrected chi connectivity index (χ1v) is 8.57. The molecule has 26 heavy (non-hydrogen) atoms. The number of fused-ring (bicyclic) bond motifs is 1. The fourth-order valence-electron chi connectivity index (χ4n) is 3.05. The van der Waals surface area contributed by atoms with Gasteiger partial charge in [-0.3, -0.25) is 4.79 Å². The zero-order valence-electron chi connectivity index (χ0n) is 15.6. The van der Waals surface area contributed by atoms with Crippen LogP contribution in [0.1, 0.15) is 21.5 Å². The Labute approximate surface area is 154 Å². The molecule has 132 valence electrons. The van der Waals surface area contributed by atoms with Gasteiger partial charge in [-0.25, -0.2) is 0 Å². The molecule has 0 amide bonds. The summed E-state index contributed by atoms with van der Waals surface area (Å²) in [4.78, 5) is 15.3. The Morgan fingerprint density at radius 2 is 1.58 bits per heavy atom. The Morgan fingerprint density at radius 1 is 0.923 bits per heavy atom. The van der Waals surface area contributed by atoms with E-state index < -0.39 is 0 Å². The van der Waals surface area contributed by atoms with Gasteiger partial charge in [-0.15, -0.1) is 0 Å². The summed E-state index contributed by atoms with van der Waals surface area (Å²) in [6, 6.07) is 19.6. The zero-order chi connectivity index (χ0) is 18.7. The molecule has 3 aromatic rings. The largest absolute Gasteiger partial charge is 0.496 e. The lowest BCUT2D eigenvalue weighted by molar-refractivity contribution is 0.105. The van der Waals surface area contributed by atoms with Crippen molar-refractivity contribution in [1.29, 1.82) is 0 Å². The number of carbonyl (C=O) groups excluding carboxylic acids is 1. The smallest absolute Gasteiger partial charge is 0.195 e. The van der Waals surface area contributed by atoms with Crippen molar-refractivity contribution in [3.05, 3.63) is 83.6 Å². The SMILES string of the molecule is COc1ccc(C(=O)/C(=C/N(C)C)c2ccc(C)cc2)c2ccccc12. The molecule has 0 aliphatic heterocycles. The Hall–Kier alpha value is -3.07. The van der Waals surface area contributed by atoms with Gasteiger partial charge < -0.3 is 9.64 Å².